The van der Waals surface area contributed by atoms with E-state index >= 15 is 0 Å². The van der Waals surface area contributed by atoms with E-state index in [1.54, 1.807) is 4.68 Å². The Morgan fingerprint density at radius 1 is 1.50 bits per heavy atom. The van der Waals surface area contributed by atoms with E-state index in [2.05, 4.69) is 33.3 Å². The molecule has 0 radical (unpaired) electrons. The van der Waals surface area contributed by atoms with E-state index < -0.39 is 0 Å². The maximum absolute atomic E-state index is 12.5. The van der Waals surface area contributed by atoms with Crippen LogP contribution >= 0.6 is 15.9 Å². The van der Waals surface area contributed by atoms with Crippen LogP contribution in [0.4, 0.5) is 0 Å². The van der Waals surface area contributed by atoms with E-state index in [1.807, 2.05) is 14.0 Å². The second-order valence-corrected chi connectivity index (χ2v) is 5.93. The minimum Gasteiger partial charge on any atom is -0.379 e. The Bertz CT molecular complexity index is 487. The van der Waals surface area contributed by atoms with Crippen molar-refractivity contribution in [3.8, 4) is 0 Å². The number of likely N-dealkylation sites (N-methyl/N-ethyl adjacent to an activating group) is 1. The maximum Gasteiger partial charge on any atom is 0.145 e. The van der Waals surface area contributed by atoms with Gasteiger partial charge in [0.15, 0.2) is 0 Å². The normalized spacial score (nSPS) is 22.4. The number of aryl methyl sites for hydroxylation is 2. The fraction of sp³-hybridized carbons (Fsp3) is 0.714. The van der Waals surface area contributed by atoms with Crippen molar-refractivity contribution in [3.63, 3.8) is 0 Å². The molecule has 0 aliphatic carbocycles. The van der Waals surface area contributed by atoms with Gasteiger partial charge in [-0.1, -0.05) is 13.8 Å². The van der Waals surface area contributed by atoms with E-state index in [0.717, 1.165) is 28.8 Å². The molecule has 1 aliphatic rings. The number of Topliss-reactive ketones (excluding diaryl/α,β-unsaturated/α-hetero) is 1. The Hall–Kier alpha value is -0.720. The summed E-state index contributed by atoms with van der Waals surface area (Å²) in [6, 6.07) is 0.144. The molecule has 1 N–H and O–H groups in total. The zero-order valence-electron chi connectivity index (χ0n) is 12.3. The first-order chi connectivity index (χ1) is 9.58. The summed E-state index contributed by atoms with van der Waals surface area (Å²) in [4.78, 5) is 12.5. The van der Waals surface area contributed by atoms with E-state index in [0.29, 0.717) is 19.6 Å². The van der Waals surface area contributed by atoms with Crippen molar-refractivity contribution in [1.82, 2.24) is 15.1 Å². The summed E-state index contributed by atoms with van der Waals surface area (Å²) >= 11 is 3.56. The monoisotopic (exact) mass is 343 g/mol. The van der Waals surface area contributed by atoms with Gasteiger partial charge in [-0.2, -0.15) is 5.10 Å². The predicted molar refractivity (Wildman–Crippen MR) is 80.8 cm³/mol. The first-order valence-corrected chi connectivity index (χ1v) is 7.91. The van der Waals surface area contributed by atoms with E-state index in [1.165, 1.54) is 0 Å². The molecule has 0 amide bonds. The molecule has 1 fully saturated rings. The van der Waals surface area contributed by atoms with Crippen molar-refractivity contribution in [3.05, 3.63) is 15.9 Å². The van der Waals surface area contributed by atoms with Crippen LogP contribution in [0.1, 0.15) is 25.2 Å². The molecule has 2 unspecified atom stereocenters. The zero-order valence-corrected chi connectivity index (χ0v) is 13.9. The molecule has 2 heterocycles. The number of hydrogen-bond acceptors (Lipinski definition) is 4. The number of carbonyl (C=O) groups excluding carboxylic acids is 1. The van der Waals surface area contributed by atoms with Crippen molar-refractivity contribution < 1.29 is 9.53 Å². The van der Waals surface area contributed by atoms with Crippen molar-refractivity contribution in [2.24, 2.45) is 13.0 Å². The summed E-state index contributed by atoms with van der Waals surface area (Å²) in [7, 11) is 1.89. The molecule has 0 spiro atoms. The molecule has 2 rings (SSSR count). The first-order valence-electron chi connectivity index (χ1n) is 7.12. The summed E-state index contributed by atoms with van der Waals surface area (Å²) < 4.78 is 8.22. The number of nitrogens with zero attached hydrogens (tertiary/aromatic N) is 2. The number of nitrogens with one attached hydrogen (secondary N) is 1. The summed E-state index contributed by atoms with van der Waals surface area (Å²) in [6.07, 6.45) is 1.26. The molecule has 1 saturated heterocycles. The number of aromatic nitrogens is 2. The average Bonchev–Trinajstić information content (AvgIpc) is 2.98. The molecular weight excluding hydrogens is 322 g/mol. The SMILES string of the molecule is CCNC1COCC1C(=O)Cc1c(Br)c(CC)nn1C. The summed E-state index contributed by atoms with van der Waals surface area (Å²) in [5.74, 6) is 0.168. The van der Waals surface area contributed by atoms with Crippen LogP contribution in [-0.2, 0) is 29.4 Å². The van der Waals surface area contributed by atoms with Gasteiger partial charge in [-0.05, 0) is 28.9 Å². The molecule has 5 nitrogen and oxygen atoms in total. The number of ketones is 1. The Morgan fingerprint density at radius 2 is 2.25 bits per heavy atom. The molecule has 1 aromatic heterocycles. The minimum atomic E-state index is -0.0539. The Morgan fingerprint density at radius 3 is 2.85 bits per heavy atom. The standard InChI is InChI=1S/C14H22BrN3O2/c1-4-10-14(15)12(18(3)17-10)6-13(19)9-7-20-8-11(9)16-5-2/h9,11,16H,4-8H2,1-3H3. The Labute approximate surface area is 128 Å². The molecule has 112 valence electrons. The summed E-state index contributed by atoms with van der Waals surface area (Å²) in [6.45, 7) is 6.10. The predicted octanol–water partition coefficient (Wildman–Crippen LogP) is 1.48. The largest absolute Gasteiger partial charge is 0.379 e. The summed E-state index contributed by atoms with van der Waals surface area (Å²) in [5, 5.41) is 7.76. The number of ether oxygens (including phenoxy) is 1. The third-order valence-electron chi connectivity index (χ3n) is 3.81. The minimum absolute atomic E-state index is 0.0539. The van der Waals surface area contributed by atoms with Gasteiger partial charge in [0, 0.05) is 19.5 Å². The second-order valence-electron chi connectivity index (χ2n) is 5.14. The number of carbonyl (C=O) groups is 1. The van der Waals surface area contributed by atoms with Crippen molar-refractivity contribution in [1.29, 1.82) is 0 Å². The molecule has 0 saturated carbocycles. The van der Waals surface area contributed by atoms with Crippen molar-refractivity contribution >= 4 is 21.7 Å². The molecular formula is C14H22BrN3O2. The van der Waals surface area contributed by atoms with Gasteiger partial charge in [-0.15, -0.1) is 0 Å². The van der Waals surface area contributed by atoms with Gasteiger partial charge < -0.3 is 10.1 Å². The molecule has 0 bridgehead atoms. The average molecular weight is 344 g/mol. The lowest BCUT2D eigenvalue weighted by Crippen LogP contribution is -2.39. The topological polar surface area (TPSA) is 56.1 Å². The second kappa shape index (κ2) is 6.83. The van der Waals surface area contributed by atoms with E-state index in [4.69, 9.17) is 4.74 Å². The Kier molecular flexibility index (Phi) is 5.35. The number of rotatable bonds is 6. The highest BCUT2D eigenvalue weighted by molar-refractivity contribution is 9.10. The van der Waals surface area contributed by atoms with E-state index in [9.17, 15) is 4.79 Å². The van der Waals surface area contributed by atoms with Crippen LogP contribution in [0.25, 0.3) is 0 Å². The molecule has 20 heavy (non-hydrogen) atoms. The number of halogens is 1. The highest BCUT2D eigenvalue weighted by atomic mass is 79.9. The Balaban J connectivity index is 2.10. The molecule has 0 aromatic carbocycles. The van der Waals surface area contributed by atoms with Crippen molar-refractivity contribution in [2.75, 3.05) is 19.8 Å². The van der Waals surface area contributed by atoms with Gasteiger partial charge in [0.05, 0.1) is 35.0 Å². The lowest BCUT2D eigenvalue weighted by atomic mass is 9.95. The van der Waals surface area contributed by atoms with Crippen LogP contribution < -0.4 is 5.32 Å². The van der Waals surface area contributed by atoms with Crippen LogP contribution in [0.5, 0.6) is 0 Å². The van der Waals surface area contributed by atoms with Crippen LogP contribution in [0.15, 0.2) is 4.47 Å². The van der Waals surface area contributed by atoms with Crippen molar-refractivity contribution in [2.45, 2.75) is 32.7 Å². The highest BCUT2D eigenvalue weighted by Gasteiger charge is 2.34. The molecule has 1 aromatic rings. The smallest absolute Gasteiger partial charge is 0.145 e. The molecule has 1 aliphatic heterocycles. The van der Waals surface area contributed by atoms with Crippen LogP contribution in [0.3, 0.4) is 0 Å². The van der Waals surface area contributed by atoms with Gasteiger partial charge in [0.2, 0.25) is 0 Å². The summed E-state index contributed by atoms with van der Waals surface area (Å²) in [5.41, 5.74) is 1.95. The van der Waals surface area contributed by atoms with E-state index in [-0.39, 0.29) is 17.7 Å². The quantitative estimate of drug-likeness (QED) is 0.849. The van der Waals surface area contributed by atoms with Gasteiger partial charge in [0.25, 0.3) is 0 Å². The fourth-order valence-electron chi connectivity index (χ4n) is 2.64. The number of hydrogen-bond donors (Lipinski definition) is 1. The van der Waals surface area contributed by atoms with Gasteiger partial charge >= 0.3 is 0 Å². The molecule has 6 heteroatoms. The first kappa shape index (κ1) is 15.7. The van der Waals surface area contributed by atoms with Crippen LogP contribution in [-0.4, -0.2) is 41.4 Å². The van der Waals surface area contributed by atoms with Gasteiger partial charge in [-0.25, -0.2) is 0 Å². The van der Waals surface area contributed by atoms with Gasteiger partial charge in [-0.3, -0.25) is 9.48 Å². The highest BCUT2D eigenvalue weighted by Crippen LogP contribution is 2.24. The lowest BCUT2D eigenvalue weighted by Gasteiger charge is -2.17. The third-order valence-corrected chi connectivity index (χ3v) is 4.72. The zero-order chi connectivity index (χ0) is 14.7. The van der Waals surface area contributed by atoms with Crippen LogP contribution in [0.2, 0.25) is 0 Å². The lowest BCUT2D eigenvalue weighted by molar-refractivity contribution is -0.122. The maximum atomic E-state index is 12.5. The van der Waals surface area contributed by atoms with Gasteiger partial charge in [0.1, 0.15) is 5.78 Å². The third kappa shape index (κ3) is 3.13. The fourth-order valence-corrected chi connectivity index (χ4v) is 3.40. The molecule has 2 atom stereocenters. The van der Waals surface area contributed by atoms with Crippen LogP contribution in [0, 0.1) is 5.92 Å².